The van der Waals surface area contributed by atoms with Crippen molar-refractivity contribution in [2.75, 3.05) is 6.61 Å². The van der Waals surface area contributed by atoms with Crippen LogP contribution in [0.15, 0.2) is 0 Å². The van der Waals surface area contributed by atoms with E-state index in [4.69, 9.17) is 5.11 Å². The fourth-order valence-corrected chi connectivity index (χ4v) is 2.08. The molecule has 13 heavy (non-hydrogen) atoms. The van der Waals surface area contributed by atoms with Crippen molar-refractivity contribution in [2.45, 2.75) is 40.0 Å². The number of carbonyl (C=O) groups is 1. The summed E-state index contributed by atoms with van der Waals surface area (Å²) in [7, 11) is 0. The molecule has 2 nitrogen and oxygen atoms in total. The molecule has 0 bridgehead atoms. The minimum absolute atomic E-state index is 0.0331. The summed E-state index contributed by atoms with van der Waals surface area (Å²) in [5.41, 5.74) is 0.272. The fourth-order valence-electron chi connectivity index (χ4n) is 2.08. The monoisotopic (exact) mass is 184 g/mol. The molecule has 0 unspecified atom stereocenters. The first-order chi connectivity index (χ1) is 5.95. The van der Waals surface area contributed by atoms with Crippen LogP contribution in [0.4, 0.5) is 0 Å². The Bertz CT molecular complexity index is 191. The smallest absolute Gasteiger partial charge is 0.138 e. The average molecular weight is 184 g/mol. The number of rotatable bonds is 1. The van der Waals surface area contributed by atoms with Crippen molar-refractivity contribution in [3.05, 3.63) is 0 Å². The van der Waals surface area contributed by atoms with E-state index in [0.29, 0.717) is 12.3 Å². The second kappa shape index (κ2) is 3.79. The van der Waals surface area contributed by atoms with Gasteiger partial charge in [-0.05, 0) is 24.2 Å². The van der Waals surface area contributed by atoms with Crippen LogP contribution in [0.2, 0.25) is 0 Å². The Morgan fingerprint density at radius 3 is 2.54 bits per heavy atom. The van der Waals surface area contributed by atoms with Crippen molar-refractivity contribution in [1.82, 2.24) is 0 Å². The predicted octanol–water partition coefficient (Wildman–Crippen LogP) is 2.01. The van der Waals surface area contributed by atoms with Gasteiger partial charge in [0.15, 0.2) is 0 Å². The van der Waals surface area contributed by atoms with Gasteiger partial charge in [0.05, 0.1) is 6.61 Å². The predicted molar refractivity (Wildman–Crippen MR) is 52.4 cm³/mol. The molecule has 2 atom stereocenters. The summed E-state index contributed by atoms with van der Waals surface area (Å²) < 4.78 is 0. The van der Waals surface area contributed by atoms with Crippen molar-refractivity contribution in [1.29, 1.82) is 0 Å². The van der Waals surface area contributed by atoms with Gasteiger partial charge in [-0.25, -0.2) is 0 Å². The normalized spacial score (nSPS) is 30.6. The van der Waals surface area contributed by atoms with Gasteiger partial charge < -0.3 is 5.11 Å². The van der Waals surface area contributed by atoms with E-state index in [1.165, 1.54) is 0 Å². The Morgan fingerprint density at radius 2 is 2.08 bits per heavy atom. The first-order valence-electron chi connectivity index (χ1n) is 5.08. The summed E-state index contributed by atoms with van der Waals surface area (Å²) in [5, 5.41) is 9.02. The molecule has 1 saturated carbocycles. The van der Waals surface area contributed by atoms with Gasteiger partial charge in [0.2, 0.25) is 0 Å². The summed E-state index contributed by atoms with van der Waals surface area (Å²) in [6.07, 6.45) is 2.53. The lowest BCUT2D eigenvalue weighted by Gasteiger charge is -2.36. The topological polar surface area (TPSA) is 37.3 Å². The zero-order chi connectivity index (χ0) is 10.1. The molecule has 0 aromatic heterocycles. The standard InChI is InChI=1S/C11H20O2/c1-11(2,3)9-4-5-10(13)8(6-9)7-12/h8-9,12H,4-7H2,1-3H3/t8-,9+/m0/s1. The van der Waals surface area contributed by atoms with Crippen LogP contribution in [0.3, 0.4) is 0 Å². The van der Waals surface area contributed by atoms with Crippen molar-refractivity contribution in [3.63, 3.8) is 0 Å². The average Bonchev–Trinajstić information content (AvgIpc) is 2.03. The number of hydrogen-bond donors (Lipinski definition) is 1. The van der Waals surface area contributed by atoms with Crippen LogP contribution >= 0.6 is 0 Å². The molecule has 2 heteroatoms. The van der Waals surface area contributed by atoms with Gasteiger partial charge in [-0.2, -0.15) is 0 Å². The maximum absolute atomic E-state index is 11.3. The molecular weight excluding hydrogens is 164 g/mol. The van der Waals surface area contributed by atoms with Crippen LogP contribution < -0.4 is 0 Å². The molecule has 0 amide bonds. The number of carbonyl (C=O) groups excluding carboxylic acids is 1. The lowest BCUT2D eigenvalue weighted by molar-refractivity contribution is -0.128. The minimum atomic E-state index is -0.0852. The van der Waals surface area contributed by atoms with Crippen LogP contribution in [-0.2, 0) is 4.79 Å². The van der Waals surface area contributed by atoms with Crippen LogP contribution in [-0.4, -0.2) is 17.5 Å². The van der Waals surface area contributed by atoms with Crippen molar-refractivity contribution in [2.24, 2.45) is 17.3 Å². The maximum Gasteiger partial charge on any atom is 0.138 e. The second-order valence-corrected chi connectivity index (χ2v) is 5.18. The molecule has 1 N–H and O–H groups in total. The second-order valence-electron chi connectivity index (χ2n) is 5.18. The van der Waals surface area contributed by atoms with E-state index in [1.807, 2.05) is 0 Å². The minimum Gasteiger partial charge on any atom is -0.396 e. The number of hydrogen-bond acceptors (Lipinski definition) is 2. The largest absolute Gasteiger partial charge is 0.396 e. The molecule has 0 heterocycles. The molecule has 1 aliphatic rings. The Balaban J connectivity index is 2.60. The third kappa shape index (κ3) is 2.53. The molecule has 0 aromatic carbocycles. The molecule has 0 aliphatic heterocycles. The lowest BCUT2D eigenvalue weighted by Crippen LogP contribution is -2.33. The van der Waals surface area contributed by atoms with Gasteiger partial charge >= 0.3 is 0 Å². The number of aliphatic hydroxyl groups is 1. The Labute approximate surface area is 80.3 Å². The lowest BCUT2D eigenvalue weighted by atomic mass is 9.69. The molecule has 0 spiro atoms. The van der Waals surface area contributed by atoms with E-state index in [1.54, 1.807) is 0 Å². The van der Waals surface area contributed by atoms with E-state index in [9.17, 15) is 4.79 Å². The summed E-state index contributed by atoms with van der Waals surface area (Å²) in [6.45, 7) is 6.66. The highest BCUT2D eigenvalue weighted by atomic mass is 16.3. The first kappa shape index (κ1) is 10.7. The summed E-state index contributed by atoms with van der Waals surface area (Å²) in [6, 6.07) is 0. The first-order valence-corrected chi connectivity index (χ1v) is 5.08. The van der Waals surface area contributed by atoms with Gasteiger partial charge in [-0.3, -0.25) is 4.79 Å². The van der Waals surface area contributed by atoms with Crippen molar-refractivity contribution < 1.29 is 9.90 Å². The SMILES string of the molecule is CC(C)(C)[C@@H]1CCC(=O)[C@H](CO)C1. The highest BCUT2D eigenvalue weighted by molar-refractivity contribution is 5.81. The third-order valence-electron chi connectivity index (χ3n) is 3.21. The number of ketones is 1. The van der Waals surface area contributed by atoms with Gasteiger partial charge in [0.1, 0.15) is 5.78 Å². The highest BCUT2D eigenvalue weighted by Crippen LogP contribution is 2.38. The number of aliphatic hydroxyl groups excluding tert-OH is 1. The molecule has 0 saturated heterocycles. The van der Waals surface area contributed by atoms with E-state index in [-0.39, 0.29) is 23.7 Å². The molecule has 1 aliphatic carbocycles. The molecule has 0 aromatic rings. The van der Waals surface area contributed by atoms with Crippen LogP contribution in [0.1, 0.15) is 40.0 Å². The molecule has 76 valence electrons. The van der Waals surface area contributed by atoms with Crippen molar-refractivity contribution in [3.8, 4) is 0 Å². The number of Topliss-reactive ketones (excluding diaryl/α,β-unsaturated/α-hetero) is 1. The third-order valence-corrected chi connectivity index (χ3v) is 3.21. The van der Waals surface area contributed by atoms with Crippen LogP contribution in [0.25, 0.3) is 0 Å². The van der Waals surface area contributed by atoms with Crippen molar-refractivity contribution >= 4 is 5.78 Å². The quantitative estimate of drug-likeness (QED) is 0.677. The van der Waals surface area contributed by atoms with E-state index >= 15 is 0 Å². The molecule has 1 rings (SSSR count). The van der Waals surface area contributed by atoms with E-state index < -0.39 is 0 Å². The Hall–Kier alpha value is -0.370. The van der Waals surface area contributed by atoms with Crippen LogP contribution in [0.5, 0.6) is 0 Å². The molecular formula is C11H20O2. The van der Waals surface area contributed by atoms with Gasteiger partial charge in [-0.15, -0.1) is 0 Å². The van der Waals surface area contributed by atoms with E-state index in [2.05, 4.69) is 20.8 Å². The van der Waals surface area contributed by atoms with Crippen LogP contribution in [0, 0.1) is 17.3 Å². The Kier molecular flexibility index (Phi) is 3.12. The van der Waals surface area contributed by atoms with Gasteiger partial charge in [-0.1, -0.05) is 20.8 Å². The van der Waals surface area contributed by atoms with Gasteiger partial charge in [0, 0.05) is 12.3 Å². The maximum atomic E-state index is 11.3. The van der Waals surface area contributed by atoms with Gasteiger partial charge in [0.25, 0.3) is 0 Å². The Morgan fingerprint density at radius 1 is 1.46 bits per heavy atom. The summed E-state index contributed by atoms with van der Waals surface area (Å²) in [5.74, 6) is 0.753. The van der Waals surface area contributed by atoms with E-state index in [0.717, 1.165) is 12.8 Å². The zero-order valence-electron chi connectivity index (χ0n) is 8.84. The zero-order valence-corrected chi connectivity index (χ0v) is 8.84. The summed E-state index contributed by atoms with van der Waals surface area (Å²) in [4.78, 5) is 11.3. The molecule has 0 radical (unpaired) electrons. The highest BCUT2D eigenvalue weighted by Gasteiger charge is 2.34. The molecule has 1 fully saturated rings. The fraction of sp³-hybridized carbons (Fsp3) is 0.909. The summed E-state index contributed by atoms with van der Waals surface area (Å²) >= 11 is 0.